The fourth-order valence-corrected chi connectivity index (χ4v) is 2.28. The van der Waals surface area contributed by atoms with Crippen LogP contribution >= 0.6 is 11.6 Å². The van der Waals surface area contributed by atoms with E-state index in [0.29, 0.717) is 0 Å². The van der Waals surface area contributed by atoms with Gasteiger partial charge in [0, 0.05) is 11.1 Å². The molecule has 0 saturated carbocycles. The molecule has 2 heterocycles. The van der Waals surface area contributed by atoms with Crippen molar-refractivity contribution in [2.75, 3.05) is 0 Å². The lowest BCUT2D eigenvalue weighted by molar-refractivity contribution is -0.314. The average molecular weight is 347 g/mol. The molecule has 23 heavy (non-hydrogen) atoms. The zero-order valence-corrected chi connectivity index (χ0v) is 11.7. The van der Waals surface area contributed by atoms with Gasteiger partial charge in [0.2, 0.25) is 0 Å². The molecular weight excluding hydrogens is 341 g/mol. The van der Waals surface area contributed by atoms with Crippen molar-refractivity contribution >= 4 is 17.6 Å². The van der Waals surface area contributed by atoms with E-state index < -0.39 is 57.4 Å². The lowest BCUT2D eigenvalue weighted by atomic mass is 10.0. The second kappa shape index (κ2) is 5.15. The van der Waals surface area contributed by atoms with Gasteiger partial charge in [0.1, 0.15) is 0 Å². The summed E-state index contributed by atoms with van der Waals surface area (Å²) < 4.78 is 44.5. The van der Waals surface area contributed by atoms with Crippen LogP contribution in [-0.2, 0) is 10.7 Å². The van der Waals surface area contributed by atoms with E-state index in [1.54, 1.807) is 0 Å². The third-order valence-electron chi connectivity index (χ3n) is 3.13. The van der Waals surface area contributed by atoms with Crippen LogP contribution in [0.3, 0.4) is 0 Å². The van der Waals surface area contributed by atoms with Crippen molar-refractivity contribution in [3.8, 4) is 11.3 Å². The van der Waals surface area contributed by atoms with E-state index in [0.717, 1.165) is 18.3 Å². The molecule has 2 N–H and O–H groups in total. The standard InChI is InChI=1S/C13H6ClF3N2O4/c14-5-2-1-4(11(16)17)7(8(5)15)6-3-18-10-9(19-6)12(20)23-13(10,21)22/h1-3,11,21-22H. The Kier molecular flexibility index (Phi) is 3.51. The van der Waals surface area contributed by atoms with Gasteiger partial charge in [0.25, 0.3) is 6.43 Å². The van der Waals surface area contributed by atoms with E-state index in [4.69, 9.17) is 11.6 Å². The zero-order valence-electron chi connectivity index (χ0n) is 10.9. The Morgan fingerprint density at radius 1 is 1.30 bits per heavy atom. The summed E-state index contributed by atoms with van der Waals surface area (Å²) in [6.07, 6.45) is -2.23. The number of hydrogen-bond donors (Lipinski definition) is 2. The second-order valence-electron chi connectivity index (χ2n) is 4.58. The van der Waals surface area contributed by atoms with Crippen LogP contribution in [0.5, 0.6) is 0 Å². The molecular formula is C13H6ClF3N2O4. The Bertz CT molecular complexity index is 829. The summed E-state index contributed by atoms with van der Waals surface area (Å²) in [6.45, 7) is 0. The molecule has 0 unspecified atom stereocenters. The molecule has 0 bridgehead atoms. The minimum atomic E-state index is -3.03. The first kappa shape index (κ1) is 15.7. The fourth-order valence-electron chi connectivity index (χ4n) is 2.12. The highest BCUT2D eigenvalue weighted by molar-refractivity contribution is 6.31. The van der Waals surface area contributed by atoms with Crippen molar-refractivity contribution in [2.45, 2.75) is 12.4 Å². The number of rotatable bonds is 2. The van der Waals surface area contributed by atoms with Gasteiger partial charge in [-0.25, -0.2) is 27.9 Å². The molecule has 1 aliphatic rings. The molecule has 0 atom stereocenters. The van der Waals surface area contributed by atoms with Gasteiger partial charge in [-0.2, -0.15) is 0 Å². The number of fused-ring (bicyclic) bond motifs is 1. The molecule has 2 aromatic rings. The Hall–Kier alpha value is -2.23. The zero-order chi connectivity index (χ0) is 16.9. The molecule has 0 radical (unpaired) electrons. The van der Waals surface area contributed by atoms with E-state index in [9.17, 15) is 28.2 Å². The number of aliphatic hydroxyl groups is 2. The first-order chi connectivity index (χ1) is 10.7. The van der Waals surface area contributed by atoms with Gasteiger partial charge in [-0.15, -0.1) is 0 Å². The molecule has 0 spiro atoms. The van der Waals surface area contributed by atoms with Crippen LogP contribution in [-0.4, -0.2) is 26.2 Å². The number of cyclic esters (lactones) is 1. The summed E-state index contributed by atoms with van der Waals surface area (Å²) in [6, 6.07) is 1.88. The molecule has 1 aromatic carbocycles. The lowest BCUT2D eigenvalue weighted by Gasteiger charge is -2.13. The third-order valence-corrected chi connectivity index (χ3v) is 3.42. The molecule has 1 aromatic heterocycles. The van der Waals surface area contributed by atoms with E-state index in [-0.39, 0.29) is 0 Å². The Balaban J connectivity index is 2.24. The van der Waals surface area contributed by atoms with Crippen molar-refractivity contribution in [1.29, 1.82) is 0 Å². The Labute approximate surface area is 131 Å². The van der Waals surface area contributed by atoms with Crippen molar-refractivity contribution in [2.24, 2.45) is 0 Å². The maximum absolute atomic E-state index is 14.2. The van der Waals surface area contributed by atoms with Crippen LogP contribution in [0.1, 0.15) is 28.2 Å². The number of benzene rings is 1. The smallest absolute Gasteiger partial charge is 0.374 e. The first-order valence-corrected chi connectivity index (χ1v) is 6.42. The number of nitrogens with zero attached hydrogens (tertiary/aromatic N) is 2. The van der Waals surface area contributed by atoms with Crippen LogP contribution in [0.4, 0.5) is 13.2 Å². The molecule has 120 valence electrons. The van der Waals surface area contributed by atoms with Crippen LogP contribution in [0, 0.1) is 5.82 Å². The number of esters is 1. The lowest BCUT2D eigenvalue weighted by Crippen LogP contribution is -2.25. The maximum Gasteiger partial charge on any atom is 0.374 e. The van der Waals surface area contributed by atoms with Gasteiger partial charge in [0.15, 0.2) is 17.2 Å². The molecule has 0 amide bonds. The summed E-state index contributed by atoms with van der Waals surface area (Å²) in [5.41, 5.74) is -3.00. The highest BCUT2D eigenvalue weighted by Crippen LogP contribution is 2.37. The first-order valence-electron chi connectivity index (χ1n) is 6.04. The number of carbonyl (C=O) groups excluding carboxylic acids is 1. The Morgan fingerprint density at radius 2 is 2.00 bits per heavy atom. The average Bonchev–Trinajstić information content (AvgIpc) is 2.70. The Morgan fingerprint density at radius 3 is 2.65 bits per heavy atom. The normalized spacial score (nSPS) is 15.7. The summed E-state index contributed by atoms with van der Waals surface area (Å²) >= 11 is 5.59. The van der Waals surface area contributed by atoms with E-state index >= 15 is 0 Å². The third kappa shape index (κ3) is 2.42. The number of carbonyl (C=O) groups is 1. The minimum absolute atomic E-state index is 0.422. The number of alkyl halides is 2. The number of hydrogen-bond acceptors (Lipinski definition) is 6. The van der Waals surface area contributed by atoms with Crippen LogP contribution in [0.2, 0.25) is 5.02 Å². The molecule has 10 heteroatoms. The van der Waals surface area contributed by atoms with Crippen LogP contribution in [0.15, 0.2) is 18.3 Å². The topological polar surface area (TPSA) is 92.5 Å². The summed E-state index contributed by atoms with van der Waals surface area (Å²) in [4.78, 5) is 18.7. The maximum atomic E-state index is 14.2. The van der Waals surface area contributed by atoms with Gasteiger partial charge >= 0.3 is 11.9 Å². The highest BCUT2D eigenvalue weighted by atomic mass is 35.5. The quantitative estimate of drug-likeness (QED) is 0.639. The van der Waals surface area contributed by atoms with Gasteiger partial charge in [-0.05, 0) is 6.07 Å². The van der Waals surface area contributed by atoms with E-state index in [2.05, 4.69) is 14.7 Å². The fraction of sp³-hybridized carbons (Fsp3) is 0.154. The molecule has 0 saturated heterocycles. The molecule has 0 fully saturated rings. The largest absolute Gasteiger partial charge is 0.398 e. The number of halogens is 4. The van der Waals surface area contributed by atoms with Crippen molar-refractivity contribution in [3.63, 3.8) is 0 Å². The summed E-state index contributed by atoms with van der Waals surface area (Å²) in [5, 5.41) is 18.4. The predicted molar refractivity (Wildman–Crippen MR) is 68.9 cm³/mol. The van der Waals surface area contributed by atoms with Gasteiger partial charge in [-0.1, -0.05) is 17.7 Å². The van der Waals surface area contributed by atoms with Crippen molar-refractivity contribution in [3.05, 3.63) is 46.1 Å². The van der Waals surface area contributed by atoms with Crippen LogP contribution < -0.4 is 0 Å². The van der Waals surface area contributed by atoms with Crippen molar-refractivity contribution in [1.82, 2.24) is 9.97 Å². The molecule has 6 nitrogen and oxygen atoms in total. The van der Waals surface area contributed by atoms with Crippen molar-refractivity contribution < 1.29 is 32.9 Å². The van der Waals surface area contributed by atoms with Gasteiger partial charge < -0.3 is 14.9 Å². The molecule has 3 rings (SSSR count). The summed E-state index contributed by atoms with van der Waals surface area (Å²) in [7, 11) is 0. The second-order valence-corrected chi connectivity index (χ2v) is 4.98. The highest BCUT2D eigenvalue weighted by Gasteiger charge is 2.46. The van der Waals surface area contributed by atoms with E-state index in [1.807, 2.05) is 0 Å². The van der Waals surface area contributed by atoms with Gasteiger partial charge in [0.05, 0.1) is 16.9 Å². The van der Waals surface area contributed by atoms with Gasteiger partial charge in [-0.3, -0.25) is 0 Å². The number of aromatic nitrogens is 2. The van der Waals surface area contributed by atoms with Crippen LogP contribution in [0.25, 0.3) is 11.3 Å². The molecule has 0 aliphatic carbocycles. The predicted octanol–water partition coefficient (Wildman–Crippen LogP) is 2.14. The number of ether oxygens (including phenoxy) is 1. The SMILES string of the molecule is O=C1OC(O)(O)c2ncc(-c3c(C(F)F)ccc(Cl)c3F)nc21. The van der Waals surface area contributed by atoms with E-state index in [1.165, 1.54) is 0 Å². The minimum Gasteiger partial charge on any atom is -0.398 e. The monoisotopic (exact) mass is 346 g/mol. The summed E-state index contributed by atoms with van der Waals surface area (Å²) in [5.74, 6) is -5.37. The molecule has 1 aliphatic heterocycles.